The molecule has 0 N–H and O–H groups in total. The van der Waals surface area contributed by atoms with E-state index >= 15 is 0 Å². The molecule has 0 aromatic rings. The van der Waals surface area contributed by atoms with Gasteiger partial charge in [0.25, 0.3) is 0 Å². The number of esters is 1. The van der Waals surface area contributed by atoms with Gasteiger partial charge >= 0.3 is 5.97 Å². The number of isocyanates is 3. The van der Waals surface area contributed by atoms with Gasteiger partial charge in [-0.05, 0) is 26.2 Å². The van der Waals surface area contributed by atoms with Crippen LogP contribution in [-0.4, -0.2) is 49.4 Å². The van der Waals surface area contributed by atoms with E-state index in [2.05, 4.69) is 15.0 Å². The molecule has 8 nitrogen and oxygen atoms in total. The molecule has 0 rings (SSSR count). The molecule has 0 radical (unpaired) electrons. The maximum Gasteiger partial charge on any atom is 0.331 e. The first-order valence-corrected chi connectivity index (χ1v) is 6.00. The Balaban J connectivity index is 4.21. The van der Waals surface area contributed by atoms with Crippen LogP contribution in [0.15, 0.2) is 15.0 Å². The molecule has 0 aromatic carbocycles. The molecule has 0 amide bonds. The van der Waals surface area contributed by atoms with E-state index in [0.29, 0.717) is 19.4 Å². The Morgan fingerprint density at radius 3 is 2.40 bits per heavy atom. The summed E-state index contributed by atoms with van der Waals surface area (Å²) in [6, 6.07) is -1.45. The molecule has 0 heterocycles. The maximum absolute atomic E-state index is 11.6. The highest BCUT2D eigenvalue weighted by molar-refractivity contribution is 5.76. The number of hydrogen-bond acceptors (Lipinski definition) is 8. The quantitative estimate of drug-likeness (QED) is 0.250. The molecule has 0 aromatic heterocycles. The Hall–Kier alpha value is -2.39. The highest BCUT2D eigenvalue weighted by Crippen LogP contribution is 2.07. The zero-order valence-electron chi connectivity index (χ0n) is 11.1. The molecule has 20 heavy (non-hydrogen) atoms. The number of nitrogens with zero attached hydrogens (tertiary/aromatic N) is 3. The van der Waals surface area contributed by atoms with Crippen LogP contribution in [0.5, 0.6) is 0 Å². The normalized spacial score (nSPS) is 12.1. The third-order valence-corrected chi connectivity index (χ3v) is 2.28. The predicted octanol–water partition coefficient (Wildman–Crippen LogP) is 0.464. The third-order valence-electron chi connectivity index (χ3n) is 2.28. The number of hydrogen-bond donors (Lipinski definition) is 0. The first kappa shape index (κ1) is 17.6. The molecule has 0 bridgehead atoms. The van der Waals surface area contributed by atoms with E-state index in [1.54, 1.807) is 6.92 Å². The van der Waals surface area contributed by atoms with E-state index in [-0.39, 0.29) is 13.0 Å². The van der Waals surface area contributed by atoms with Gasteiger partial charge in [0.05, 0.1) is 12.6 Å². The lowest BCUT2D eigenvalue weighted by Gasteiger charge is -2.11. The summed E-state index contributed by atoms with van der Waals surface area (Å²) in [5, 5.41) is 0. The standard InChI is InChI=1S/C12H15N3O5/c1-10(14-8-17)6-20-12(19)11(15-9-18)4-2-3-5-13-7-16/h10-11H,2-6H2,1H3. The lowest BCUT2D eigenvalue weighted by molar-refractivity contribution is -0.145. The number of rotatable bonds is 10. The maximum atomic E-state index is 11.6. The van der Waals surface area contributed by atoms with Crippen LogP contribution in [0, 0.1) is 0 Å². The minimum atomic E-state index is -0.944. The van der Waals surface area contributed by atoms with Crippen LogP contribution in [0.3, 0.4) is 0 Å². The summed E-state index contributed by atoms with van der Waals surface area (Å²) in [7, 11) is 0. The lowest BCUT2D eigenvalue weighted by Crippen LogP contribution is -2.24. The Morgan fingerprint density at radius 2 is 1.80 bits per heavy atom. The van der Waals surface area contributed by atoms with Crippen molar-refractivity contribution >= 4 is 24.2 Å². The van der Waals surface area contributed by atoms with Crippen molar-refractivity contribution < 1.29 is 23.9 Å². The van der Waals surface area contributed by atoms with Gasteiger partial charge in [0.2, 0.25) is 18.2 Å². The van der Waals surface area contributed by atoms with Crippen molar-refractivity contribution in [3.8, 4) is 0 Å². The van der Waals surface area contributed by atoms with Crippen molar-refractivity contribution in [2.24, 2.45) is 15.0 Å². The molecule has 108 valence electrons. The zero-order valence-corrected chi connectivity index (χ0v) is 11.1. The summed E-state index contributed by atoms with van der Waals surface area (Å²) in [5.74, 6) is -0.680. The number of carbonyl (C=O) groups is 1. The number of ether oxygens (including phenoxy) is 1. The van der Waals surface area contributed by atoms with Gasteiger partial charge in [0.1, 0.15) is 6.61 Å². The van der Waals surface area contributed by atoms with Crippen LogP contribution in [0.2, 0.25) is 0 Å². The van der Waals surface area contributed by atoms with E-state index in [4.69, 9.17) is 4.74 Å². The smallest absolute Gasteiger partial charge is 0.331 e. The first-order valence-electron chi connectivity index (χ1n) is 6.00. The Morgan fingerprint density at radius 1 is 1.10 bits per heavy atom. The largest absolute Gasteiger partial charge is 0.462 e. The van der Waals surface area contributed by atoms with Crippen LogP contribution < -0.4 is 0 Å². The van der Waals surface area contributed by atoms with Gasteiger partial charge in [0, 0.05) is 0 Å². The summed E-state index contributed by atoms with van der Waals surface area (Å²) in [6.07, 6.45) is 5.47. The lowest BCUT2D eigenvalue weighted by atomic mass is 10.1. The summed E-state index contributed by atoms with van der Waals surface area (Å²) >= 11 is 0. The van der Waals surface area contributed by atoms with E-state index in [0.717, 1.165) is 0 Å². The number of aliphatic imine (C=N–C) groups is 3. The van der Waals surface area contributed by atoms with Gasteiger partial charge in [0.15, 0.2) is 6.04 Å². The first-order chi connectivity index (χ1) is 9.65. The molecule has 2 unspecified atom stereocenters. The minimum Gasteiger partial charge on any atom is -0.462 e. The van der Waals surface area contributed by atoms with E-state index in [1.807, 2.05) is 0 Å². The van der Waals surface area contributed by atoms with E-state index < -0.39 is 18.1 Å². The molecule has 0 saturated heterocycles. The molecule has 0 fully saturated rings. The molecular weight excluding hydrogens is 266 g/mol. The second kappa shape index (κ2) is 11.7. The Bertz CT molecular complexity index is 446. The summed E-state index contributed by atoms with van der Waals surface area (Å²) in [5.41, 5.74) is 0. The Kier molecular flexibility index (Phi) is 10.3. The molecule has 0 saturated carbocycles. The highest BCUT2D eigenvalue weighted by atomic mass is 16.5. The van der Waals surface area contributed by atoms with Gasteiger partial charge in [-0.15, -0.1) is 0 Å². The fraction of sp³-hybridized carbons (Fsp3) is 0.667. The molecule has 8 heteroatoms. The van der Waals surface area contributed by atoms with Crippen LogP contribution in [0.25, 0.3) is 0 Å². The average Bonchev–Trinajstić information content (AvgIpc) is 2.43. The van der Waals surface area contributed by atoms with Gasteiger partial charge < -0.3 is 4.74 Å². The van der Waals surface area contributed by atoms with Crippen molar-refractivity contribution in [3.63, 3.8) is 0 Å². The number of carbonyl (C=O) groups excluding carboxylic acids is 4. The highest BCUT2D eigenvalue weighted by Gasteiger charge is 2.19. The van der Waals surface area contributed by atoms with E-state index in [1.165, 1.54) is 18.2 Å². The van der Waals surface area contributed by atoms with Crippen LogP contribution in [0.1, 0.15) is 26.2 Å². The monoisotopic (exact) mass is 281 g/mol. The van der Waals surface area contributed by atoms with Gasteiger partial charge in [-0.1, -0.05) is 0 Å². The molecule has 0 aliphatic rings. The Labute approximate surface area is 115 Å². The van der Waals surface area contributed by atoms with Gasteiger partial charge in [-0.25, -0.2) is 24.2 Å². The van der Waals surface area contributed by atoms with E-state index in [9.17, 15) is 19.2 Å². The van der Waals surface area contributed by atoms with Crippen LogP contribution in [0.4, 0.5) is 0 Å². The van der Waals surface area contributed by atoms with Crippen molar-refractivity contribution in [3.05, 3.63) is 0 Å². The summed E-state index contributed by atoms with van der Waals surface area (Å²) < 4.78 is 4.88. The topological polar surface area (TPSA) is 115 Å². The average molecular weight is 281 g/mol. The predicted molar refractivity (Wildman–Crippen MR) is 67.3 cm³/mol. The van der Waals surface area contributed by atoms with Crippen molar-refractivity contribution in [2.45, 2.75) is 38.3 Å². The second-order valence-corrected chi connectivity index (χ2v) is 3.90. The molecule has 0 aliphatic heterocycles. The molecule has 2 atom stereocenters. The van der Waals surface area contributed by atoms with Crippen molar-refractivity contribution in [1.82, 2.24) is 0 Å². The summed E-state index contributed by atoms with van der Waals surface area (Å²) in [4.78, 5) is 51.8. The fourth-order valence-corrected chi connectivity index (χ4v) is 1.30. The minimum absolute atomic E-state index is 0.0889. The zero-order chi connectivity index (χ0) is 15.2. The summed E-state index contributed by atoms with van der Waals surface area (Å²) in [6.45, 7) is 1.79. The second-order valence-electron chi connectivity index (χ2n) is 3.90. The molecule has 0 aliphatic carbocycles. The van der Waals surface area contributed by atoms with Gasteiger partial charge in [-0.3, -0.25) is 0 Å². The number of unbranched alkanes of at least 4 members (excludes halogenated alkanes) is 1. The van der Waals surface area contributed by atoms with Gasteiger partial charge in [-0.2, -0.15) is 9.98 Å². The van der Waals surface area contributed by atoms with Crippen LogP contribution in [-0.2, 0) is 23.9 Å². The third kappa shape index (κ3) is 8.66. The van der Waals surface area contributed by atoms with Crippen LogP contribution >= 0.6 is 0 Å². The molecular formula is C12H15N3O5. The fourth-order valence-electron chi connectivity index (χ4n) is 1.30. The van der Waals surface area contributed by atoms with Crippen molar-refractivity contribution in [1.29, 1.82) is 0 Å². The molecule has 0 spiro atoms. The van der Waals surface area contributed by atoms with Crippen molar-refractivity contribution in [2.75, 3.05) is 13.2 Å². The SMILES string of the molecule is CC(COC(=O)C(CCCCN=C=O)N=C=O)N=C=O.